The first kappa shape index (κ1) is 12.7. The summed E-state index contributed by atoms with van der Waals surface area (Å²) in [6, 6.07) is 2.15. The summed E-state index contributed by atoms with van der Waals surface area (Å²) in [7, 11) is 0. The Kier molecular flexibility index (Phi) is 6.28. The second-order valence-corrected chi connectivity index (χ2v) is 3.70. The van der Waals surface area contributed by atoms with Gasteiger partial charge in [0.1, 0.15) is 18.9 Å². The van der Waals surface area contributed by atoms with Gasteiger partial charge in [-0.25, -0.2) is 9.13 Å². The van der Waals surface area contributed by atoms with Crippen molar-refractivity contribution in [2.24, 2.45) is 0 Å². The van der Waals surface area contributed by atoms with Crippen molar-refractivity contribution in [3.63, 3.8) is 0 Å². The van der Waals surface area contributed by atoms with Gasteiger partial charge in [-0.3, -0.25) is 0 Å². The van der Waals surface area contributed by atoms with E-state index in [0.29, 0.717) is 6.42 Å². The van der Waals surface area contributed by atoms with E-state index in [9.17, 15) is 0 Å². The predicted molar refractivity (Wildman–Crippen MR) is 60.6 cm³/mol. The van der Waals surface area contributed by atoms with E-state index in [2.05, 4.69) is 23.2 Å². The zero-order valence-electron chi connectivity index (χ0n) is 9.93. The fourth-order valence-corrected chi connectivity index (χ4v) is 1.53. The van der Waals surface area contributed by atoms with E-state index in [4.69, 9.17) is 10.00 Å². The Bertz CT molecular complexity index is 327. The average molecular weight is 222 g/mol. The van der Waals surface area contributed by atoms with E-state index >= 15 is 0 Å². The normalized spacial score (nSPS) is 10.2. The molecule has 4 heteroatoms. The topological polar surface area (TPSA) is 41.8 Å². The third-order valence-electron chi connectivity index (χ3n) is 2.39. The maximum Gasteiger partial charge on any atom is 0.243 e. The molecule has 0 bridgehead atoms. The lowest BCUT2D eigenvalue weighted by molar-refractivity contribution is -0.695. The van der Waals surface area contributed by atoms with Gasteiger partial charge in [0, 0.05) is 13.2 Å². The highest BCUT2D eigenvalue weighted by Gasteiger charge is 2.02. The van der Waals surface area contributed by atoms with Gasteiger partial charge in [-0.15, -0.1) is 0 Å². The van der Waals surface area contributed by atoms with Crippen LogP contribution < -0.4 is 4.57 Å². The van der Waals surface area contributed by atoms with E-state index < -0.39 is 0 Å². The summed E-state index contributed by atoms with van der Waals surface area (Å²) >= 11 is 0. The van der Waals surface area contributed by atoms with Gasteiger partial charge in [-0.2, -0.15) is 5.26 Å². The fourth-order valence-electron chi connectivity index (χ4n) is 1.53. The van der Waals surface area contributed by atoms with Gasteiger partial charge >= 0.3 is 0 Å². The molecule has 0 unspecified atom stereocenters. The van der Waals surface area contributed by atoms with Crippen molar-refractivity contribution in [2.75, 3.05) is 13.2 Å². The summed E-state index contributed by atoms with van der Waals surface area (Å²) in [5, 5.41) is 8.47. The highest BCUT2D eigenvalue weighted by atomic mass is 16.5. The first-order chi connectivity index (χ1) is 7.86. The maximum atomic E-state index is 8.47. The van der Waals surface area contributed by atoms with E-state index in [-0.39, 0.29) is 0 Å². The molecule has 1 aromatic heterocycles. The lowest BCUT2D eigenvalue weighted by atomic mass is 10.3. The van der Waals surface area contributed by atoms with Gasteiger partial charge in [0.2, 0.25) is 6.33 Å². The predicted octanol–water partition coefficient (Wildman–Crippen LogP) is 1.51. The molecule has 0 atom stereocenters. The van der Waals surface area contributed by atoms with Crippen LogP contribution in [0.3, 0.4) is 0 Å². The van der Waals surface area contributed by atoms with Gasteiger partial charge in [0.25, 0.3) is 0 Å². The molecule has 88 valence electrons. The number of nitrogens with zero attached hydrogens (tertiary/aromatic N) is 3. The second kappa shape index (κ2) is 7.89. The maximum absolute atomic E-state index is 8.47. The molecule has 1 rings (SSSR count). The van der Waals surface area contributed by atoms with Crippen LogP contribution in [0.5, 0.6) is 0 Å². The molecule has 0 fully saturated rings. The highest BCUT2D eigenvalue weighted by molar-refractivity contribution is 4.68. The minimum Gasteiger partial charge on any atom is -0.382 e. The van der Waals surface area contributed by atoms with Crippen LogP contribution in [0.4, 0.5) is 0 Å². The molecule has 0 aliphatic rings. The number of unbranched alkanes of at least 4 members (excludes halogenated alkanes) is 1. The van der Waals surface area contributed by atoms with Crippen molar-refractivity contribution in [3.05, 3.63) is 18.7 Å². The zero-order valence-corrected chi connectivity index (χ0v) is 9.93. The highest BCUT2D eigenvalue weighted by Crippen LogP contribution is 1.95. The van der Waals surface area contributed by atoms with Crippen molar-refractivity contribution < 1.29 is 9.30 Å². The van der Waals surface area contributed by atoms with Gasteiger partial charge in [0.15, 0.2) is 0 Å². The molecule has 0 radical (unpaired) electrons. The molecular formula is C12H20N3O+. The minimum atomic E-state index is 0.568. The van der Waals surface area contributed by atoms with Gasteiger partial charge in [-0.1, -0.05) is 0 Å². The molecule has 4 nitrogen and oxygen atoms in total. The molecule has 0 N–H and O–H groups in total. The van der Waals surface area contributed by atoms with Crippen molar-refractivity contribution in [2.45, 2.75) is 39.3 Å². The lowest BCUT2D eigenvalue weighted by Gasteiger charge is -1.99. The van der Waals surface area contributed by atoms with Crippen LogP contribution in [0, 0.1) is 11.3 Å². The van der Waals surface area contributed by atoms with Crippen LogP contribution in [-0.4, -0.2) is 17.8 Å². The van der Waals surface area contributed by atoms with Gasteiger partial charge < -0.3 is 4.74 Å². The molecule has 0 aromatic carbocycles. The molecule has 0 aliphatic carbocycles. The summed E-state index contributed by atoms with van der Waals surface area (Å²) in [6.07, 6.45) is 8.92. The summed E-state index contributed by atoms with van der Waals surface area (Å²) in [5.41, 5.74) is 0. The smallest absolute Gasteiger partial charge is 0.243 e. The number of hydrogen-bond acceptors (Lipinski definition) is 2. The van der Waals surface area contributed by atoms with Crippen LogP contribution in [0.15, 0.2) is 18.7 Å². The molecule has 0 amide bonds. The minimum absolute atomic E-state index is 0.568. The number of hydrogen-bond donors (Lipinski definition) is 0. The quantitative estimate of drug-likeness (QED) is 0.494. The number of aryl methyl sites for hydroxylation is 2. The van der Waals surface area contributed by atoms with Crippen LogP contribution in [0.1, 0.15) is 26.2 Å². The van der Waals surface area contributed by atoms with Crippen molar-refractivity contribution in [1.82, 2.24) is 4.57 Å². The van der Waals surface area contributed by atoms with E-state index in [1.807, 2.05) is 17.7 Å². The van der Waals surface area contributed by atoms with E-state index in [0.717, 1.165) is 39.1 Å². The summed E-state index contributed by atoms with van der Waals surface area (Å²) in [6.45, 7) is 5.48. The molecule has 0 saturated heterocycles. The third kappa shape index (κ3) is 4.94. The van der Waals surface area contributed by atoms with Crippen LogP contribution in [-0.2, 0) is 17.8 Å². The number of rotatable bonds is 8. The summed E-state index contributed by atoms with van der Waals surface area (Å²) in [5.74, 6) is 0. The van der Waals surface area contributed by atoms with Crippen molar-refractivity contribution >= 4 is 0 Å². The number of nitriles is 1. The van der Waals surface area contributed by atoms with Gasteiger partial charge in [0.05, 0.1) is 19.0 Å². The molecule has 0 aliphatic heterocycles. The van der Waals surface area contributed by atoms with Crippen molar-refractivity contribution in [3.8, 4) is 6.07 Å². The largest absolute Gasteiger partial charge is 0.382 e. The van der Waals surface area contributed by atoms with Crippen LogP contribution >= 0.6 is 0 Å². The number of ether oxygens (including phenoxy) is 1. The first-order valence-electron chi connectivity index (χ1n) is 5.86. The Morgan fingerprint density at radius 2 is 2.31 bits per heavy atom. The van der Waals surface area contributed by atoms with E-state index in [1.54, 1.807) is 0 Å². The number of aromatic nitrogens is 2. The molecular weight excluding hydrogens is 202 g/mol. The number of imidazole rings is 1. The SMILES string of the molecule is CCOCCCCn1cc[n+](CCC#N)c1. The zero-order chi connectivity index (χ0) is 11.6. The standard InChI is InChI=1S/C12H20N3O/c1-2-16-11-4-3-7-14-9-10-15(12-14)8-5-6-13/h9-10,12H,2-5,7-8,11H2,1H3/q+1. The Hall–Kier alpha value is -1.34. The Labute approximate surface area is 97.1 Å². The molecule has 1 aromatic rings. The third-order valence-corrected chi connectivity index (χ3v) is 2.39. The Balaban J connectivity index is 2.17. The summed E-state index contributed by atoms with van der Waals surface area (Å²) < 4.78 is 9.48. The Morgan fingerprint density at radius 3 is 3.06 bits per heavy atom. The molecule has 1 heterocycles. The molecule has 16 heavy (non-hydrogen) atoms. The first-order valence-corrected chi connectivity index (χ1v) is 5.86. The van der Waals surface area contributed by atoms with Crippen molar-refractivity contribution in [1.29, 1.82) is 5.26 Å². The monoisotopic (exact) mass is 222 g/mol. The molecule has 0 spiro atoms. The lowest BCUT2D eigenvalue weighted by Crippen LogP contribution is -2.30. The summed E-state index contributed by atoms with van der Waals surface area (Å²) in [4.78, 5) is 0. The average Bonchev–Trinajstić information content (AvgIpc) is 2.74. The second-order valence-electron chi connectivity index (χ2n) is 3.70. The van der Waals surface area contributed by atoms with Crippen LogP contribution in [0.25, 0.3) is 0 Å². The van der Waals surface area contributed by atoms with Crippen LogP contribution in [0.2, 0.25) is 0 Å². The van der Waals surface area contributed by atoms with Gasteiger partial charge in [-0.05, 0) is 19.8 Å². The van der Waals surface area contributed by atoms with E-state index in [1.165, 1.54) is 0 Å². The fraction of sp³-hybridized carbons (Fsp3) is 0.667. The molecule has 0 saturated carbocycles. The Morgan fingerprint density at radius 1 is 1.44 bits per heavy atom.